The Morgan fingerprint density at radius 2 is 2.06 bits per heavy atom. The van der Waals surface area contributed by atoms with Crippen molar-refractivity contribution in [2.45, 2.75) is 31.1 Å². The van der Waals surface area contributed by atoms with E-state index < -0.39 is 15.8 Å². The molecule has 1 aliphatic carbocycles. The van der Waals surface area contributed by atoms with Crippen LogP contribution in [0.5, 0.6) is 0 Å². The topological polar surface area (TPSA) is 46.2 Å². The van der Waals surface area contributed by atoms with Crippen LogP contribution in [-0.2, 0) is 15.8 Å². The van der Waals surface area contributed by atoms with Gasteiger partial charge in [-0.15, -0.1) is 0 Å². The minimum atomic E-state index is -3.48. The van der Waals surface area contributed by atoms with Gasteiger partial charge in [-0.2, -0.15) is 0 Å². The molecule has 1 aromatic carbocycles. The van der Waals surface area contributed by atoms with E-state index in [4.69, 9.17) is 0 Å². The summed E-state index contributed by atoms with van der Waals surface area (Å²) in [4.78, 5) is 0. The highest BCUT2D eigenvalue weighted by Crippen LogP contribution is 2.14. The lowest BCUT2D eigenvalue weighted by atomic mass is 10.0. The Labute approximate surface area is 107 Å². The van der Waals surface area contributed by atoms with Crippen LogP contribution in [0.3, 0.4) is 0 Å². The van der Waals surface area contributed by atoms with E-state index in [2.05, 4.69) is 4.72 Å². The molecule has 1 aromatic rings. The van der Waals surface area contributed by atoms with Gasteiger partial charge < -0.3 is 0 Å². The molecule has 18 heavy (non-hydrogen) atoms. The van der Waals surface area contributed by atoms with Crippen molar-refractivity contribution < 1.29 is 12.8 Å². The standard InChI is InChI=1S/C13H16FNO2S/c14-13-9-5-4-6-11(13)10-18(16,17)15-12-7-2-1-3-8-12/h1-2,4-6,9,12,15H,3,7-8,10H2. The number of benzene rings is 1. The van der Waals surface area contributed by atoms with Gasteiger partial charge in [0.05, 0.1) is 5.75 Å². The van der Waals surface area contributed by atoms with Crippen LogP contribution in [0.4, 0.5) is 4.39 Å². The number of halogens is 1. The Morgan fingerprint density at radius 3 is 2.72 bits per heavy atom. The summed E-state index contributed by atoms with van der Waals surface area (Å²) in [5, 5.41) is 0. The van der Waals surface area contributed by atoms with Gasteiger partial charge in [0.2, 0.25) is 10.0 Å². The number of hydrogen-bond donors (Lipinski definition) is 1. The zero-order valence-electron chi connectivity index (χ0n) is 9.97. The van der Waals surface area contributed by atoms with E-state index in [9.17, 15) is 12.8 Å². The van der Waals surface area contributed by atoms with E-state index in [1.807, 2.05) is 12.2 Å². The van der Waals surface area contributed by atoms with Gasteiger partial charge in [0.1, 0.15) is 5.82 Å². The van der Waals surface area contributed by atoms with E-state index in [0.717, 1.165) is 12.8 Å². The molecule has 2 rings (SSSR count). The Hall–Kier alpha value is -1.20. The number of rotatable bonds is 4. The summed E-state index contributed by atoms with van der Waals surface area (Å²) >= 11 is 0. The predicted octanol–water partition coefficient (Wildman–Crippen LogP) is 2.35. The first-order valence-electron chi connectivity index (χ1n) is 5.95. The van der Waals surface area contributed by atoms with Gasteiger partial charge in [-0.1, -0.05) is 30.4 Å². The lowest BCUT2D eigenvalue weighted by Gasteiger charge is -2.19. The Morgan fingerprint density at radius 1 is 1.28 bits per heavy atom. The molecular weight excluding hydrogens is 253 g/mol. The maximum absolute atomic E-state index is 13.4. The summed E-state index contributed by atoms with van der Waals surface area (Å²) < 4.78 is 39.9. The van der Waals surface area contributed by atoms with E-state index >= 15 is 0 Å². The highest BCUT2D eigenvalue weighted by Gasteiger charge is 2.19. The molecule has 0 saturated heterocycles. The number of hydrogen-bond acceptors (Lipinski definition) is 2. The van der Waals surface area contributed by atoms with Crippen molar-refractivity contribution in [3.8, 4) is 0 Å². The van der Waals surface area contributed by atoms with Crippen molar-refractivity contribution in [1.82, 2.24) is 4.72 Å². The Kier molecular flexibility index (Phi) is 4.14. The summed E-state index contributed by atoms with van der Waals surface area (Å²) in [6.07, 6.45) is 6.40. The molecule has 0 aromatic heterocycles. The van der Waals surface area contributed by atoms with Gasteiger partial charge >= 0.3 is 0 Å². The first-order valence-corrected chi connectivity index (χ1v) is 7.60. The molecule has 1 atom stereocenters. The smallest absolute Gasteiger partial charge is 0.212 e. The van der Waals surface area contributed by atoms with Crippen LogP contribution in [-0.4, -0.2) is 14.5 Å². The molecule has 3 nitrogen and oxygen atoms in total. The van der Waals surface area contributed by atoms with Crippen molar-refractivity contribution in [3.05, 3.63) is 47.8 Å². The monoisotopic (exact) mass is 269 g/mol. The van der Waals surface area contributed by atoms with Gasteiger partial charge in [0.15, 0.2) is 0 Å². The van der Waals surface area contributed by atoms with Crippen molar-refractivity contribution in [1.29, 1.82) is 0 Å². The van der Waals surface area contributed by atoms with Crippen LogP contribution in [0.2, 0.25) is 0 Å². The van der Waals surface area contributed by atoms with Crippen molar-refractivity contribution in [2.75, 3.05) is 0 Å². The summed E-state index contributed by atoms with van der Waals surface area (Å²) in [6.45, 7) is 0. The second-order valence-electron chi connectivity index (χ2n) is 4.45. The van der Waals surface area contributed by atoms with Gasteiger partial charge in [-0.3, -0.25) is 0 Å². The summed E-state index contributed by atoms with van der Waals surface area (Å²) in [5.74, 6) is -0.786. The number of allylic oxidation sites excluding steroid dienone is 1. The van der Waals surface area contributed by atoms with Crippen LogP contribution < -0.4 is 4.72 Å². The van der Waals surface area contributed by atoms with Crippen LogP contribution >= 0.6 is 0 Å². The molecule has 5 heteroatoms. The molecule has 1 N–H and O–H groups in total. The van der Waals surface area contributed by atoms with Crippen LogP contribution in [0.1, 0.15) is 24.8 Å². The maximum atomic E-state index is 13.4. The van der Waals surface area contributed by atoms with Crippen molar-refractivity contribution in [2.24, 2.45) is 0 Å². The molecule has 0 aliphatic heterocycles. The molecule has 0 heterocycles. The quantitative estimate of drug-likeness (QED) is 0.853. The fraction of sp³-hybridized carbons (Fsp3) is 0.385. The maximum Gasteiger partial charge on any atom is 0.216 e. The van der Waals surface area contributed by atoms with E-state index in [0.29, 0.717) is 6.42 Å². The molecule has 0 spiro atoms. The van der Waals surface area contributed by atoms with E-state index in [1.54, 1.807) is 12.1 Å². The van der Waals surface area contributed by atoms with Crippen molar-refractivity contribution in [3.63, 3.8) is 0 Å². The molecule has 0 amide bonds. The molecule has 98 valence electrons. The highest BCUT2D eigenvalue weighted by atomic mass is 32.2. The van der Waals surface area contributed by atoms with Crippen LogP contribution in [0, 0.1) is 5.82 Å². The average molecular weight is 269 g/mol. The largest absolute Gasteiger partial charge is 0.216 e. The number of sulfonamides is 1. The van der Waals surface area contributed by atoms with Crippen molar-refractivity contribution >= 4 is 10.0 Å². The molecule has 1 aliphatic rings. The second-order valence-corrected chi connectivity index (χ2v) is 6.20. The van der Waals surface area contributed by atoms with Crippen LogP contribution in [0.25, 0.3) is 0 Å². The predicted molar refractivity (Wildman–Crippen MR) is 68.9 cm³/mol. The molecule has 0 fully saturated rings. The SMILES string of the molecule is O=S(=O)(Cc1ccccc1F)NC1CC=CCC1. The normalized spacial score (nSPS) is 19.9. The molecule has 0 radical (unpaired) electrons. The highest BCUT2D eigenvalue weighted by molar-refractivity contribution is 7.88. The third-order valence-corrected chi connectivity index (χ3v) is 4.30. The molecule has 1 unspecified atom stereocenters. The molecular formula is C13H16FNO2S. The third kappa shape index (κ3) is 3.65. The number of nitrogens with one attached hydrogen (secondary N) is 1. The Balaban J connectivity index is 2.03. The Bertz CT molecular complexity index is 540. The van der Waals surface area contributed by atoms with Crippen LogP contribution in [0.15, 0.2) is 36.4 Å². The van der Waals surface area contributed by atoms with Gasteiger partial charge in [0, 0.05) is 11.6 Å². The summed E-state index contributed by atoms with van der Waals surface area (Å²) in [6, 6.07) is 5.89. The molecule has 0 bridgehead atoms. The van der Waals surface area contributed by atoms with Gasteiger partial charge in [-0.25, -0.2) is 17.5 Å². The zero-order chi connectivity index (χ0) is 13.0. The zero-order valence-corrected chi connectivity index (χ0v) is 10.8. The van der Waals surface area contributed by atoms with E-state index in [1.165, 1.54) is 12.1 Å². The van der Waals surface area contributed by atoms with E-state index in [-0.39, 0.29) is 17.4 Å². The minimum absolute atomic E-state index is 0.0632. The van der Waals surface area contributed by atoms with Gasteiger partial charge in [-0.05, 0) is 25.3 Å². The fourth-order valence-electron chi connectivity index (χ4n) is 2.02. The first-order chi connectivity index (χ1) is 8.57. The lowest BCUT2D eigenvalue weighted by molar-refractivity contribution is 0.520. The van der Waals surface area contributed by atoms with Gasteiger partial charge in [0.25, 0.3) is 0 Å². The lowest BCUT2D eigenvalue weighted by Crippen LogP contribution is -2.36. The average Bonchev–Trinajstić information content (AvgIpc) is 2.32. The first kappa shape index (κ1) is 13.2. The second kappa shape index (κ2) is 5.63. The summed E-state index contributed by atoms with van der Waals surface area (Å²) in [5.41, 5.74) is 0.205. The summed E-state index contributed by atoms with van der Waals surface area (Å²) in [7, 11) is -3.48. The third-order valence-electron chi connectivity index (χ3n) is 2.92. The fourth-order valence-corrected chi connectivity index (χ4v) is 3.47. The molecule has 0 saturated carbocycles. The minimum Gasteiger partial charge on any atom is -0.212 e.